The van der Waals surface area contributed by atoms with Crippen molar-refractivity contribution in [2.45, 2.75) is 32.5 Å². The van der Waals surface area contributed by atoms with E-state index in [1.165, 1.54) is 6.07 Å². The van der Waals surface area contributed by atoms with Crippen molar-refractivity contribution in [1.82, 2.24) is 19.9 Å². The average molecular weight is 438 g/mol. The van der Waals surface area contributed by atoms with Gasteiger partial charge in [0.25, 0.3) is 0 Å². The Kier molecular flexibility index (Phi) is 6.49. The van der Waals surface area contributed by atoms with Crippen LogP contribution in [0.5, 0.6) is 0 Å². The number of hydrogen-bond donors (Lipinski definition) is 2. The van der Waals surface area contributed by atoms with Crippen molar-refractivity contribution in [1.29, 1.82) is 0 Å². The summed E-state index contributed by atoms with van der Waals surface area (Å²) in [5.74, 6) is 0.523. The smallest absolute Gasteiger partial charge is 0.127 e. The highest BCUT2D eigenvalue weighted by Gasteiger charge is 2.12. The monoisotopic (exact) mass is 437 g/mol. The number of halogens is 2. The van der Waals surface area contributed by atoms with Crippen LogP contribution in [0.25, 0.3) is 22.2 Å². The Hall–Kier alpha value is -2.96. The van der Waals surface area contributed by atoms with Crippen LogP contribution in [0.1, 0.15) is 25.3 Å². The number of pyridine rings is 1. The number of rotatable bonds is 8. The Morgan fingerprint density at radius 2 is 2.00 bits per heavy atom. The number of hydrogen-bond acceptors (Lipinski definition) is 4. The topological polar surface area (TPSA) is 54.8 Å². The molecular formula is C24H25ClFN5. The molecule has 1 atom stereocenters. The highest BCUT2D eigenvalue weighted by atomic mass is 35.5. The number of nitrogens with zero attached hydrogens (tertiary/aromatic N) is 3. The Bertz CT molecular complexity index is 1190. The zero-order chi connectivity index (χ0) is 21.8. The Labute approximate surface area is 186 Å². The van der Waals surface area contributed by atoms with Crippen molar-refractivity contribution in [3.8, 4) is 11.1 Å². The molecule has 0 amide bonds. The highest BCUT2D eigenvalue weighted by Crippen LogP contribution is 2.31. The molecule has 2 aromatic carbocycles. The predicted octanol–water partition coefficient (Wildman–Crippen LogP) is 5.70. The summed E-state index contributed by atoms with van der Waals surface area (Å²) in [5, 5.41) is 7.25. The van der Waals surface area contributed by atoms with Gasteiger partial charge in [-0.1, -0.05) is 43.1 Å². The van der Waals surface area contributed by atoms with E-state index in [1.54, 1.807) is 24.7 Å². The van der Waals surface area contributed by atoms with Crippen LogP contribution < -0.4 is 10.6 Å². The molecule has 5 nitrogen and oxygen atoms in total. The maximum atomic E-state index is 13.6. The molecule has 2 N–H and O–H groups in total. The van der Waals surface area contributed by atoms with Gasteiger partial charge in [0, 0.05) is 18.3 Å². The van der Waals surface area contributed by atoms with Crippen molar-refractivity contribution in [2.75, 3.05) is 12.4 Å². The lowest BCUT2D eigenvalue weighted by Crippen LogP contribution is -2.33. The molecule has 4 aromatic rings. The van der Waals surface area contributed by atoms with E-state index < -0.39 is 0 Å². The van der Waals surface area contributed by atoms with Crippen molar-refractivity contribution in [3.63, 3.8) is 0 Å². The average Bonchev–Trinajstić information content (AvgIpc) is 3.16. The third kappa shape index (κ3) is 4.86. The molecule has 7 heteroatoms. The van der Waals surface area contributed by atoms with Crippen LogP contribution in [0, 0.1) is 5.82 Å². The van der Waals surface area contributed by atoms with Crippen LogP contribution in [0.2, 0.25) is 5.02 Å². The van der Waals surface area contributed by atoms with E-state index in [4.69, 9.17) is 11.6 Å². The third-order valence-corrected chi connectivity index (χ3v) is 5.58. The van der Waals surface area contributed by atoms with Crippen LogP contribution in [0.15, 0.2) is 61.1 Å². The second kappa shape index (κ2) is 9.45. The standard InChI is InChI=1S/C24H25ClFN5/c1-3-5-23(27-2)30-24-12-19(20(25)13-28-24)17-8-9-21-22(11-17)31(15-29-21)14-16-6-4-7-18(26)10-16/h4,6-13,15,23,27H,3,5,14H2,1-2H3,(H,28,30). The van der Waals surface area contributed by atoms with Gasteiger partial charge in [0.15, 0.2) is 0 Å². The first-order chi connectivity index (χ1) is 15.1. The summed E-state index contributed by atoms with van der Waals surface area (Å²) < 4.78 is 15.6. The molecule has 160 valence electrons. The lowest BCUT2D eigenvalue weighted by molar-refractivity contribution is 0.567. The van der Waals surface area contributed by atoms with E-state index in [1.807, 2.05) is 35.9 Å². The largest absolute Gasteiger partial charge is 0.355 e. The molecule has 1 unspecified atom stereocenters. The Morgan fingerprint density at radius 3 is 2.77 bits per heavy atom. The number of aromatic nitrogens is 3. The number of imidazole rings is 1. The first-order valence-electron chi connectivity index (χ1n) is 10.4. The van der Waals surface area contributed by atoms with Crippen LogP contribution >= 0.6 is 11.6 Å². The molecule has 0 fully saturated rings. The van der Waals surface area contributed by atoms with Gasteiger partial charge in [-0.2, -0.15) is 0 Å². The van der Waals surface area contributed by atoms with Crippen molar-refractivity contribution < 1.29 is 4.39 Å². The lowest BCUT2D eigenvalue weighted by Gasteiger charge is -2.18. The molecule has 0 saturated carbocycles. The van der Waals surface area contributed by atoms with Crippen LogP contribution in [0.4, 0.5) is 10.2 Å². The van der Waals surface area contributed by atoms with E-state index in [0.717, 1.165) is 46.4 Å². The fourth-order valence-electron chi connectivity index (χ4n) is 3.68. The lowest BCUT2D eigenvalue weighted by atomic mass is 10.1. The van der Waals surface area contributed by atoms with Crippen LogP contribution in [0.3, 0.4) is 0 Å². The van der Waals surface area contributed by atoms with Gasteiger partial charge in [-0.05, 0) is 54.9 Å². The number of anilines is 1. The molecule has 0 spiro atoms. The van der Waals surface area contributed by atoms with Gasteiger partial charge in [0.2, 0.25) is 0 Å². The zero-order valence-electron chi connectivity index (χ0n) is 17.6. The Morgan fingerprint density at radius 1 is 1.13 bits per heavy atom. The molecule has 0 radical (unpaired) electrons. The second-order valence-electron chi connectivity index (χ2n) is 7.53. The summed E-state index contributed by atoms with van der Waals surface area (Å²) in [4.78, 5) is 8.92. The Balaban J connectivity index is 1.67. The van der Waals surface area contributed by atoms with Gasteiger partial charge >= 0.3 is 0 Å². The normalized spacial score (nSPS) is 12.3. The third-order valence-electron chi connectivity index (χ3n) is 5.28. The molecule has 0 aliphatic rings. The molecule has 0 aliphatic heterocycles. The predicted molar refractivity (Wildman–Crippen MR) is 125 cm³/mol. The van der Waals surface area contributed by atoms with E-state index in [2.05, 4.69) is 33.6 Å². The molecule has 0 aliphatic carbocycles. The summed E-state index contributed by atoms with van der Waals surface area (Å²) in [6.07, 6.45) is 5.64. The van der Waals surface area contributed by atoms with Crippen LogP contribution in [-0.4, -0.2) is 27.7 Å². The summed E-state index contributed by atoms with van der Waals surface area (Å²) in [7, 11) is 1.93. The van der Waals surface area contributed by atoms with Crippen molar-refractivity contribution in [3.05, 3.63) is 77.5 Å². The van der Waals surface area contributed by atoms with Gasteiger partial charge in [-0.25, -0.2) is 14.4 Å². The maximum Gasteiger partial charge on any atom is 0.127 e. The first kappa shape index (κ1) is 21.3. The van der Waals surface area contributed by atoms with Gasteiger partial charge in [-0.15, -0.1) is 0 Å². The fraction of sp³-hybridized carbons (Fsp3) is 0.250. The number of fused-ring (bicyclic) bond motifs is 1. The summed E-state index contributed by atoms with van der Waals surface area (Å²) >= 11 is 6.50. The maximum absolute atomic E-state index is 13.6. The molecule has 4 rings (SSSR count). The minimum Gasteiger partial charge on any atom is -0.355 e. The molecule has 0 bridgehead atoms. The number of benzene rings is 2. The SMILES string of the molecule is CCCC(NC)Nc1cc(-c2ccc3ncn(Cc4cccc(F)c4)c3c2)c(Cl)cn1. The second-order valence-corrected chi connectivity index (χ2v) is 7.94. The van der Waals surface area contributed by atoms with Gasteiger partial charge < -0.3 is 15.2 Å². The quantitative estimate of drug-likeness (QED) is 0.347. The minimum absolute atomic E-state index is 0.140. The van der Waals surface area contributed by atoms with E-state index in [-0.39, 0.29) is 12.0 Å². The minimum atomic E-state index is -0.242. The van der Waals surface area contributed by atoms with E-state index in [9.17, 15) is 4.39 Å². The van der Waals surface area contributed by atoms with Crippen molar-refractivity contribution in [2.24, 2.45) is 0 Å². The van der Waals surface area contributed by atoms with Gasteiger partial charge in [0.05, 0.1) is 28.5 Å². The summed E-state index contributed by atoms with van der Waals surface area (Å²) in [6.45, 7) is 2.68. The van der Waals surface area contributed by atoms with E-state index in [0.29, 0.717) is 11.6 Å². The van der Waals surface area contributed by atoms with E-state index >= 15 is 0 Å². The zero-order valence-corrected chi connectivity index (χ0v) is 18.3. The van der Waals surface area contributed by atoms with Crippen molar-refractivity contribution >= 4 is 28.5 Å². The molecule has 2 heterocycles. The number of nitrogens with one attached hydrogen (secondary N) is 2. The molecular weight excluding hydrogens is 413 g/mol. The molecule has 2 aromatic heterocycles. The summed E-state index contributed by atoms with van der Waals surface area (Å²) in [5.41, 5.74) is 4.59. The first-order valence-corrected chi connectivity index (χ1v) is 10.7. The van der Waals surface area contributed by atoms with Crippen LogP contribution in [-0.2, 0) is 6.54 Å². The summed E-state index contributed by atoms with van der Waals surface area (Å²) in [6, 6.07) is 14.6. The van der Waals surface area contributed by atoms with Gasteiger partial charge in [0.1, 0.15) is 11.6 Å². The fourth-order valence-corrected chi connectivity index (χ4v) is 3.89. The molecule has 31 heavy (non-hydrogen) atoms. The van der Waals surface area contributed by atoms with Gasteiger partial charge in [-0.3, -0.25) is 0 Å². The molecule has 0 saturated heterocycles. The highest BCUT2D eigenvalue weighted by molar-refractivity contribution is 6.33.